The first kappa shape index (κ1) is 20.6. The summed E-state index contributed by atoms with van der Waals surface area (Å²) in [7, 11) is 1.84. The number of unbranched alkanes of at least 4 members (excludes halogenated alkanes) is 1. The fraction of sp³-hybridized carbons (Fsp3) is 0.524. The van der Waals surface area contributed by atoms with Gasteiger partial charge in [0.25, 0.3) is 0 Å². The minimum atomic E-state index is 0.434. The molecule has 1 saturated heterocycles. The molecular formula is C21H32N6S. The zero-order valence-electron chi connectivity index (χ0n) is 16.7. The van der Waals surface area contributed by atoms with Crippen LogP contribution in [0.4, 0.5) is 5.82 Å². The van der Waals surface area contributed by atoms with Crippen molar-refractivity contribution >= 4 is 23.1 Å². The highest BCUT2D eigenvalue weighted by Crippen LogP contribution is 2.27. The molecule has 3 rings (SSSR count). The number of aliphatic imine (C=N–C) groups is 1. The van der Waals surface area contributed by atoms with Gasteiger partial charge in [-0.05, 0) is 62.4 Å². The van der Waals surface area contributed by atoms with E-state index >= 15 is 0 Å². The van der Waals surface area contributed by atoms with Gasteiger partial charge in [-0.3, -0.25) is 9.89 Å². The molecule has 1 unspecified atom stereocenters. The predicted octanol–water partition coefficient (Wildman–Crippen LogP) is 3.34. The summed E-state index contributed by atoms with van der Waals surface area (Å²) in [5.74, 6) is 1.83. The Balaban J connectivity index is 1.35. The summed E-state index contributed by atoms with van der Waals surface area (Å²) in [5, 5.41) is 12.5. The minimum absolute atomic E-state index is 0.434. The van der Waals surface area contributed by atoms with Crippen LogP contribution in [0.3, 0.4) is 0 Å². The maximum Gasteiger partial charge on any atom is 0.191 e. The molecule has 3 N–H and O–H groups in total. The number of hydrogen-bond acceptors (Lipinski definition) is 5. The first-order valence-electron chi connectivity index (χ1n) is 10.2. The van der Waals surface area contributed by atoms with E-state index in [1.807, 2.05) is 42.8 Å². The van der Waals surface area contributed by atoms with E-state index < -0.39 is 0 Å². The third-order valence-electron chi connectivity index (χ3n) is 5.01. The number of guanidine groups is 1. The summed E-state index contributed by atoms with van der Waals surface area (Å²) in [6.45, 7) is 5.12. The summed E-state index contributed by atoms with van der Waals surface area (Å²) >= 11 is 1.85. The van der Waals surface area contributed by atoms with Crippen molar-refractivity contribution in [3.05, 3.63) is 46.8 Å². The standard InChI is InChI=1S/C21H32N6S/c1-22-21(25-13-5-4-12-24-20-10-2-3-11-23-20)26-17-18(19-9-8-16-28-19)27-14-6-7-15-27/h2-3,8-11,16,18H,4-7,12-15,17H2,1H3,(H,23,24)(H2,22,25,26). The largest absolute Gasteiger partial charge is 0.370 e. The third-order valence-corrected chi connectivity index (χ3v) is 5.98. The molecule has 0 saturated carbocycles. The summed E-state index contributed by atoms with van der Waals surface area (Å²) in [6.07, 6.45) is 6.60. The van der Waals surface area contributed by atoms with E-state index in [9.17, 15) is 0 Å². The van der Waals surface area contributed by atoms with Crippen LogP contribution in [0.2, 0.25) is 0 Å². The van der Waals surface area contributed by atoms with E-state index in [0.29, 0.717) is 6.04 Å². The molecule has 1 aliphatic rings. The molecule has 0 aliphatic carbocycles. The Morgan fingerprint density at radius 1 is 1.14 bits per heavy atom. The quantitative estimate of drug-likeness (QED) is 0.324. The van der Waals surface area contributed by atoms with E-state index in [-0.39, 0.29) is 0 Å². The van der Waals surface area contributed by atoms with Crippen LogP contribution in [0.25, 0.3) is 0 Å². The smallest absolute Gasteiger partial charge is 0.191 e. The molecule has 2 aromatic heterocycles. The fourth-order valence-corrected chi connectivity index (χ4v) is 4.36. The summed E-state index contributed by atoms with van der Waals surface area (Å²) in [4.78, 5) is 12.7. The number of anilines is 1. The molecule has 0 amide bonds. The van der Waals surface area contributed by atoms with Gasteiger partial charge in [-0.15, -0.1) is 11.3 Å². The van der Waals surface area contributed by atoms with Crippen LogP contribution in [0.15, 0.2) is 46.9 Å². The van der Waals surface area contributed by atoms with Crippen LogP contribution in [-0.2, 0) is 0 Å². The van der Waals surface area contributed by atoms with Gasteiger partial charge in [-0.2, -0.15) is 0 Å². The highest BCUT2D eigenvalue weighted by Gasteiger charge is 2.24. The summed E-state index contributed by atoms with van der Waals surface area (Å²) in [5.41, 5.74) is 0. The normalized spacial score (nSPS) is 16.1. The number of aromatic nitrogens is 1. The monoisotopic (exact) mass is 400 g/mol. The topological polar surface area (TPSA) is 64.6 Å². The number of nitrogens with zero attached hydrogens (tertiary/aromatic N) is 3. The van der Waals surface area contributed by atoms with Crippen LogP contribution in [0.1, 0.15) is 36.6 Å². The Bertz CT molecular complexity index is 682. The molecule has 0 spiro atoms. The molecule has 28 heavy (non-hydrogen) atoms. The first-order valence-corrected chi connectivity index (χ1v) is 11.1. The molecule has 152 valence electrons. The maximum absolute atomic E-state index is 4.39. The molecule has 3 heterocycles. The second kappa shape index (κ2) is 11.7. The van der Waals surface area contributed by atoms with Gasteiger partial charge >= 0.3 is 0 Å². The zero-order chi connectivity index (χ0) is 19.4. The fourth-order valence-electron chi connectivity index (χ4n) is 3.50. The van der Waals surface area contributed by atoms with Gasteiger partial charge in [-0.1, -0.05) is 12.1 Å². The van der Waals surface area contributed by atoms with Crippen molar-refractivity contribution < 1.29 is 0 Å². The lowest BCUT2D eigenvalue weighted by atomic mass is 10.2. The molecular weight excluding hydrogens is 368 g/mol. The molecule has 0 aromatic carbocycles. The Labute approximate surface area is 172 Å². The number of likely N-dealkylation sites (tertiary alicyclic amines) is 1. The molecule has 6 nitrogen and oxygen atoms in total. The van der Waals surface area contributed by atoms with Crippen molar-refractivity contribution in [2.24, 2.45) is 4.99 Å². The van der Waals surface area contributed by atoms with Gasteiger partial charge in [0.05, 0.1) is 6.04 Å². The SMILES string of the molecule is CN=C(NCCCCNc1ccccn1)NCC(c1cccs1)N1CCCC1. The van der Waals surface area contributed by atoms with Gasteiger partial charge in [0.2, 0.25) is 0 Å². The van der Waals surface area contributed by atoms with E-state index in [1.54, 1.807) is 0 Å². The lowest BCUT2D eigenvalue weighted by molar-refractivity contribution is 0.249. The Hall–Kier alpha value is -2.12. The first-order chi connectivity index (χ1) is 13.9. The molecule has 7 heteroatoms. The molecule has 1 fully saturated rings. The molecule has 2 aromatic rings. The molecule has 1 atom stereocenters. The van der Waals surface area contributed by atoms with Crippen molar-refractivity contribution in [2.45, 2.75) is 31.7 Å². The van der Waals surface area contributed by atoms with Crippen molar-refractivity contribution in [2.75, 3.05) is 45.1 Å². The minimum Gasteiger partial charge on any atom is -0.370 e. The Kier molecular flexibility index (Phi) is 8.58. The van der Waals surface area contributed by atoms with E-state index in [4.69, 9.17) is 0 Å². The van der Waals surface area contributed by atoms with Crippen molar-refractivity contribution in [1.82, 2.24) is 20.5 Å². The Morgan fingerprint density at radius 3 is 2.71 bits per heavy atom. The number of thiophene rings is 1. The third kappa shape index (κ3) is 6.49. The van der Waals surface area contributed by atoms with Crippen LogP contribution >= 0.6 is 11.3 Å². The molecule has 1 aliphatic heterocycles. The lowest BCUT2D eigenvalue weighted by Crippen LogP contribution is -2.42. The predicted molar refractivity (Wildman–Crippen MR) is 119 cm³/mol. The van der Waals surface area contributed by atoms with E-state index in [2.05, 4.69) is 48.3 Å². The van der Waals surface area contributed by atoms with Crippen LogP contribution in [0.5, 0.6) is 0 Å². The van der Waals surface area contributed by atoms with Gasteiger partial charge in [0.1, 0.15) is 5.82 Å². The molecule has 0 radical (unpaired) electrons. The van der Waals surface area contributed by atoms with Gasteiger partial charge < -0.3 is 16.0 Å². The van der Waals surface area contributed by atoms with Crippen LogP contribution in [0, 0.1) is 0 Å². The number of pyridine rings is 1. The Morgan fingerprint density at radius 2 is 2.00 bits per heavy atom. The van der Waals surface area contributed by atoms with Gasteiger partial charge in [0.15, 0.2) is 5.96 Å². The summed E-state index contributed by atoms with van der Waals surface area (Å²) < 4.78 is 0. The number of nitrogens with one attached hydrogen (secondary N) is 3. The van der Waals surface area contributed by atoms with E-state index in [0.717, 1.165) is 44.3 Å². The second-order valence-corrected chi connectivity index (χ2v) is 7.98. The van der Waals surface area contributed by atoms with Gasteiger partial charge in [-0.25, -0.2) is 4.98 Å². The molecule has 0 bridgehead atoms. The lowest BCUT2D eigenvalue weighted by Gasteiger charge is -2.27. The average molecular weight is 401 g/mol. The van der Waals surface area contributed by atoms with Crippen LogP contribution < -0.4 is 16.0 Å². The van der Waals surface area contributed by atoms with Crippen molar-refractivity contribution in [1.29, 1.82) is 0 Å². The zero-order valence-corrected chi connectivity index (χ0v) is 17.5. The van der Waals surface area contributed by atoms with Gasteiger partial charge in [0, 0.05) is 37.8 Å². The van der Waals surface area contributed by atoms with E-state index in [1.165, 1.54) is 30.8 Å². The highest BCUT2D eigenvalue weighted by molar-refractivity contribution is 7.10. The van der Waals surface area contributed by atoms with Crippen molar-refractivity contribution in [3.8, 4) is 0 Å². The number of hydrogen-bond donors (Lipinski definition) is 3. The van der Waals surface area contributed by atoms with Crippen molar-refractivity contribution in [3.63, 3.8) is 0 Å². The second-order valence-electron chi connectivity index (χ2n) is 7.00. The summed E-state index contributed by atoms with van der Waals surface area (Å²) in [6, 6.07) is 10.8. The highest BCUT2D eigenvalue weighted by atomic mass is 32.1. The average Bonchev–Trinajstić information content (AvgIpc) is 3.45. The van der Waals surface area contributed by atoms with Crippen LogP contribution in [-0.4, -0.2) is 55.6 Å². The number of rotatable bonds is 10. The maximum atomic E-state index is 4.39.